The lowest BCUT2D eigenvalue weighted by Crippen LogP contribution is -2.44. The zero-order valence-corrected chi connectivity index (χ0v) is 16.6. The molecule has 5 heteroatoms. The lowest BCUT2D eigenvalue weighted by molar-refractivity contribution is -0.122. The Balaban J connectivity index is 1.54. The van der Waals surface area contributed by atoms with Crippen molar-refractivity contribution >= 4 is 11.8 Å². The predicted octanol–water partition coefficient (Wildman–Crippen LogP) is 3.29. The van der Waals surface area contributed by atoms with Gasteiger partial charge in [0.25, 0.3) is 0 Å². The molecule has 5 nitrogen and oxygen atoms in total. The van der Waals surface area contributed by atoms with Crippen LogP contribution in [-0.4, -0.2) is 24.5 Å². The molecule has 2 N–H and O–H groups in total. The smallest absolute Gasteiger partial charge is 0.220 e. The van der Waals surface area contributed by atoms with Crippen LogP contribution in [0, 0.1) is 6.92 Å². The monoisotopic (exact) mass is 380 g/mol. The van der Waals surface area contributed by atoms with Crippen molar-refractivity contribution in [2.75, 3.05) is 7.11 Å². The van der Waals surface area contributed by atoms with Gasteiger partial charge < -0.3 is 15.4 Å². The van der Waals surface area contributed by atoms with Gasteiger partial charge in [0.15, 0.2) is 0 Å². The van der Waals surface area contributed by atoms with E-state index in [1.165, 1.54) is 11.1 Å². The van der Waals surface area contributed by atoms with E-state index in [-0.39, 0.29) is 17.4 Å². The second-order valence-corrected chi connectivity index (χ2v) is 7.62. The van der Waals surface area contributed by atoms with Crippen molar-refractivity contribution in [2.24, 2.45) is 0 Å². The highest BCUT2D eigenvalue weighted by atomic mass is 16.5. The first kappa shape index (κ1) is 19.9. The Morgan fingerprint density at radius 2 is 1.79 bits per heavy atom. The number of methoxy groups -OCH3 is 1. The van der Waals surface area contributed by atoms with E-state index in [0.29, 0.717) is 25.8 Å². The first-order valence-electron chi connectivity index (χ1n) is 9.74. The van der Waals surface area contributed by atoms with E-state index in [9.17, 15) is 9.59 Å². The fourth-order valence-corrected chi connectivity index (χ4v) is 3.66. The molecular formula is C23H28N2O3. The number of ether oxygens (including phenoxy) is 1. The number of benzene rings is 2. The Bertz CT molecular complexity index is 815. The number of nitrogens with one attached hydrogen (secondary N) is 2. The number of amides is 2. The summed E-state index contributed by atoms with van der Waals surface area (Å²) in [7, 11) is 1.63. The molecule has 0 saturated carbocycles. The van der Waals surface area contributed by atoms with Gasteiger partial charge in [-0.05, 0) is 49.4 Å². The summed E-state index contributed by atoms with van der Waals surface area (Å²) in [5.74, 6) is 0.871. The Labute approximate surface area is 166 Å². The minimum absolute atomic E-state index is 0.000230. The van der Waals surface area contributed by atoms with Gasteiger partial charge in [-0.1, -0.05) is 42.0 Å². The van der Waals surface area contributed by atoms with Crippen LogP contribution in [-0.2, 0) is 22.6 Å². The highest BCUT2D eigenvalue weighted by Gasteiger charge is 2.37. The van der Waals surface area contributed by atoms with E-state index in [4.69, 9.17) is 4.74 Å². The molecule has 0 unspecified atom stereocenters. The number of carbonyl (C=O) groups excluding carboxylic acids is 2. The minimum atomic E-state index is -0.330. The normalized spacial score (nSPS) is 18.6. The Morgan fingerprint density at radius 1 is 1.11 bits per heavy atom. The van der Waals surface area contributed by atoms with Gasteiger partial charge in [-0.2, -0.15) is 0 Å². The van der Waals surface area contributed by atoms with Crippen molar-refractivity contribution in [1.82, 2.24) is 10.6 Å². The first-order valence-corrected chi connectivity index (χ1v) is 9.74. The summed E-state index contributed by atoms with van der Waals surface area (Å²) in [4.78, 5) is 24.3. The average molecular weight is 380 g/mol. The van der Waals surface area contributed by atoms with E-state index in [0.717, 1.165) is 24.2 Å². The quantitative estimate of drug-likeness (QED) is 0.738. The molecule has 1 atom stereocenters. The minimum Gasteiger partial charge on any atom is -0.497 e. The van der Waals surface area contributed by atoms with Gasteiger partial charge in [0, 0.05) is 24.9 Å². The lowest BCUT2D eigenvalue weighted by Gasteiger charge is -2.29. The second kappa shape index (κ2) is 8.91. The first-order chi connectivity index (χ1) is 13.5. The van der Waals surface area contributed by atoms with Crippen molar-refractivity contribution in [3.63, 3.8) is 0 Å². The summed E-state index contributed by atoms with van der Waals surface area (Å²) in [5, 5.41) is 6.11. The molecule has 1 aliphatic rings. The van der Waals surface area contributed by atoms with Crippen molar-refractivity contribution in [3.05, 3.63) is 65.2 Å². The van der Waals surface area contributed by atoms with Crippen LogP contribution in [0.15, 0.2) is 48.5 Å². The number of rotatable bonds is 8. The lowest BCUT2D eigenvalue weighted by atomic mass is 9.84. The largest absolute Gasteiger partial charge is 0.497 e. The van der Waals surface area contributed by atoms with Crippen LogP contribution in [0.3, 0.4) is 0 Å². The predicted molar refractivity (Wildman–Crippen MR) is 109 cm³/mol. The van der Waals surface area contributed by atoms with Gasteiger partial charge in [-0.3, -0.25) is 9.59 Å². The summed E-state index contributed by atoms with van der Waals surface area (Å²) in [6.45, 7) is 2.55. The molecule has 1 aliphatic heterocycles. The molecule has 1 fully saturated rings. The maximum atomic E-state index is 12.4. The molecule has 1 saturated heterocycles. The maximum absolute atomic E-state index is 12.4. The highest BCUT2D eigenvalue weighted by Crippen LogP contribution is 2.29. The fourth-order valence-electron chi connectivity index (χ4n) is 3.66. The molecule has 3 rings (SSSR count). The molecule has 0 spiro atoms. The van der Waals surface area contributed by atoms with Gasteiger partial charge >= 0.3 is 0 Å². The van der Waals surface area contributed by atoms with E-state index in [1.54, 1.807) is 7.11 Å². The molecule has 2 amide bonds. The zero-order valence-electron chi connectivity index (χ0n) is 16.6. The third-order valence-electron chi connectivity index (χ3n) is 5.38. The van der Waals surface area contributed by atoms with E-state index >= 15 is 0 Å². The molecule has 0 bridgehead atoms. The average Bonchev–Trinajstić information content (AvgIpc) is 3.08. The third kappa shape index (κ3) is 5.35. The summed E-state index contributed by atoms with van der Waals surface area (Å²) >= 11 is 0. The van der Waals surface area contributed by atoms with Gasteiger partial charge in [-0.25, -0.2) is 0 Å². The third-order valence-corrected chi connectivity index (χ3v) is 5.38. The Hall–Kier alpha value is -2.82. The molecule has 2 aromatic carbocycles. The van der Waals surface area contributed by atoms with Crippen LogP contribution in [0.2, 0.25) is 0 Å². The number of hydrogen-bond donors (Lipinski definition) is 2. The number of aryl methyl sites for hydroxylation is 1. The topological polar surface area (TPSA) is 67.4 Å². The van der Waals surface area contributed by atoms with Crippen LogP contribution in [0.5, 0.6) is 5.75 Å². The highest BCUT2D eigenvalue weighted by molar-refractivity contribution is 5.80. The fraction of sp³-hybridized carbons (Fsp3) is 0.391. The van der Waals surface area contributed by atoms with Crippen molar-refractivity contribution in [3.8, 4) is 5.75 Å². The summed E-state index contributed by atoms with van der Waals surface area (Å²) < 4.78 is 5.14. The van der Waals surface area contributed by atoms with Crippen LogP contribution in [0.1, 0.15) is 42.4 Å². The summed E-state index contributed by atoms with van der Waals surface area (Å²) in [5.41, 5.74) is 3.10. The standard InChI is InChI=1S/C23H28N2O3/c1-17-3-5-18(6-4-17)15-23(14-12-22(27)25-23)13-11-21(26)24-16-19-7-9-20(28-2)10-8-19/h3-10H,11-16H2,1-2H3,(H,24,26)(H,25,27)/t23-/m0/s1. The van der Waals surface area contributed by atoms with Crippen molar-refractivity contribution < 1.29 is 14.3 Å². The van der Waals surface area contributed by atoms with Gasteiger partial charge in [0.05, 0.1) is 7.11 Å². The zero-order chi connectivity index (χ0) is 20.0. The number of carbonyl (C=O) groups is 2. The molecular weight excluding hydrogens is 352 g/mol. The maximum Gasteiger partial charge on any atom is 0.220 e. The molecule has 0 radical (unpaired) electrons. The summed E-state index contributed by atoms with van der Waals surface area (Å²) in [6.07, 6.45) is 3.08. The van der Waals surface area contributed by atoms with Crippen LogP contribution < -0.4 is 15.4 Å². The summed E-state index contributed by atoms with van der Waals surface area (Å²) in [6, 6.07) is 16.0. The van der Waals surface area contributed by atoms with Gasteiger partial charge in [0.2, 0.25) is 11.8 Å². The molecule has 28 heavy (non-hydrogen) atoms. The SMILES string of the molecule is COc1ccc(CNC(=O)CC[C@@]2(Cc3ccc(C)cc3)CCC(=O)N2)cc1. The van der Waals surface area contributed by atoms with Crippen molar-refractivity contribution in [1.29, 1.82) is 0 Å². The van der Waals surface area contributed by atoms with E-state index < -0.39 is 0 Å². The second-order valence-electron chi connectivity index (χ2n) is 7.62. The van der Waals surface area contributed by atoms with Gasteiger partial charge in [-0.15, -0.1) is 0 Å². The Morgan fingerprint density at radius 3 is 2.39 bits per heavy atom. The van der Waals surface area contributed by atoms with Crippen LogP contribution >= 0.6 is 0 Å². The molecule has 2 aromatic rings. The van der Waals surface area contributed by atoms with E-state index in [2.05, 4.69) is 41.8 Å². The molecule has 148 valence electrons. The Kier molecular flexibility index (Phi) is 6.34. The van der Waals surface area contributed by atoms with Crippen LogP contribution in [0.4, 0.5) is 0 Å². The van der Waals surface area contributed by atoms with Crippen LogP contribution in [0.25, 0.3) is 0 Å². The van der Waals surface area contributed by atoms with E-state index in [1.807, 2.05) is 24.3 Å². The van der Waals surface area contributed by atoms with Crippen molar-refractivity contribution in [2.45, 2.75) is 51.1 Å². The van der Waals surface area contributed by atoms with Gasteiger partial charge in [0.1, 0.15) is 5.75 Å². The molecule has 1 heterocycles. The molecule has 0 aliphatic carbocycles. The molecule has 0 aromatic heterocycles. The number of hydrogen-bond acceptors (Lipinski definition) is 3.